The second kappa shape index (κ2) is 53.8. The van der Waals surface area contributed by atoms with Crippen molar-refractivity contribution in [3.63, 3.8) is 0 Å². The van der Waals surface area contributed by atoms with Crippen molar-refractivity contribution >= 4 is 17.9 Å². The molecule has 0 radical (unpaired) electrons. The van der Waals surface area contributed by atoms with Gasteiger partial charge in [0.1, 0.15) is 13.2 Å². The van der Waals surface area contributed by atoms with Crippen LogP contribution in [-0.2, 0) is 33.3 Å². The van der Waals surface area contributed by atoms with Gasteiger partial charge in [-0.3, -0.25) is 9.59 Å². The SMILES string of the molecule is CCC/C=C\C/C=C\CCCCCCCC(=O)OC(COC(=O)CCCCCCCCCCCCCCCCCCCCCCC/C=C\CCCCCCCCCC)COC(OCC[N+](C)(C)C)C(=O)[O-]. The summed E-state index contributed by atoms with van der Waals surface area (Å²) in [6.07, 6.45) is 62.3. The van der Waals surface area contributed by atoms with Crippen molar-refractivity contribution in [3.05, 3.63) is 36.5 Å². The maximum atomic E-state index is 12.8. The number of carbonyl (C=O) groups is 3. The lowest BCUT2D eigenvalue weighted by Crippen LogP contribution is -2.44. The molecular weight excluding hydrogens is 887 g/mol. The molecule has 0 rings (SSSR count). The van der Waals surface area contributed by atoms with E-state index < -0.39 is 24.3 Å². The Kier molecular flexibility index (Phi) is 51.9. The number of carbonyl (C=O) groups excluding carboxylic acids is 3. The van der Waals surface area contributed by atoms with Crippen molar-refractivity contribution in [1.82, 2.24) is 0 Å². The number of rotatable bonds is 56. The first-order valence-corrected chi connectivity index (χ1v) is 30.1. The standard InChI is InChI=1S/C62H115NO8/c1-6-8-10-12-14-16-18-20-21-22-23-24-25-26-27-28-29-30-31-32-33-34-35-36-37-38-39-41-42-44-46-48-50-52-59(64)69-56-58(57-70-62(61(66)67)68-55-54-63(3,4)5)71-60(65)53-51-49-47-45-43-40-19-17-15-13-11-9-7-2/h11,13,17,19,22-23,58,62H,6-10,12,14-16,18,20-21,24-57H2,1-5H3/b13-11-,19-17-,23-22-. The van der Waals surface area contributed by atoms with E-state index in [4.69, 9.17) is 18.9 Å². The molecule has 2 atom stereocenters. The lowest BCUT2D eigenvalue weighted by atomic mass is 10.0. The molecule has 0 heterocycles. The first-order chi connectivity index (χ1) is 34.6. The van der Waals surface area contributed by atoms with Crippen LogP contribution in [0.5, 0.6) is 0 Å². The largest absolute Gasteiger partial charge is 0.545 e. The van der Waals surface area contributed by atoms with E-state index in [2.05, 4.69) is 50.3 Å². The maximum absolute atomic E-state index is 12.8. The van der Waals surface area contributed by atoms with E-state index in [-0.39, 0.29) is 32.2 Å². The minimum atomic E-state index is -1.62. The van der Waals surface area contributed by atoms with E-state index in [9.17, 15) is 19.5 Å². The molecule has 0 aliphatic rings. The molecule has 0 spiro atoms. The van der Waals surface area contributed by atoms with Gasteiger partial charge in [-0.05, 0) is 64.2 Å². The summed E-state index contributed by atoms with van der Waals surface area (Å²) in [6.45, 7) is 4.69. The van der Waals surface area contributed by atoms with E-state index in [0.29, 0.717) is 23.9 Å². The Morgan fingerprint density at radius 3 is 1.18 bits per heavy atom. The molecule has 0 aromatic heterocycles. The first kappa shape index (κ1) is 68.5. The maximum Gasteiger partial charge on any atom is 0.306 e. The van der Waals surface area contributed by atoms with Crippen LogP contribution in [0.25, 0.3) is 0 Å². The zero-order valence-corrected chi connectivity index (χ0v) is 47.4. The van der Waals surface area contributed by atoms with Crippen LogP contribution in [0.2, 0.25) is 0 Å². The second-order valence-corrected chi connectivity index (χ2v) is 21.6. The summed E-state index contributed by atoms with van der Waals surface area (Å²) >= 11 is 0. The number of unbranched alkanes of at least 4 members (excludes halogenated alkanes) is 35. The van der Waals surface area contributed by atoms with E-state index in [1.165, 1.54) is 186 Å². The molecule has 416 valence electrons. The van der Waals surface area contributed by atoms with Gasteiger partial charge < -0.3 is 33.3 Å². The molecule has 0 saturated heterocycles. The van der Waals surface area contributed by atoms with E-state index in [1.807, 2.05) is 21.1 Å². The number of hydrogen-bond donors (Lipinski definition) is 0. The minimum absolute atomic E-state index is 0.146. The highest BCUT2D eigenvalue weighted by Gasteiger charge is 2.22. The van der Waals surface area contributed by atoms with Gasteiger partial charge in [0.05, 0.1) is 40.3 Å². The monoisotopic (exact) mass is 1000 g/mol. The predicted molar refractivity (Wildman–Crippen MR) is 297 cm³/mol. The quantitative estimate of drug-likeness (QED) is 0.0195. The number of nitrogens with zero attached hydrogens (tertiary/aromatic N) is 1. The number of aliphatic carboxylic acids is 1. The van der Waals surface area contributed by atoms with Crippen LogP contribution in [-0.4, -0.2) is 82.3 Å². The molecule has 0 aromatic rings. The number of carboxylic acid groups (broad SMARTS) is 1. The number of quaternary nitrogens is 1. The van der Waals surface area contributed by atoms with Crippen LogP contribution in [0.1, 0.15) is 284 Å². The number of esters is 2. The summed E-state index contributed by atoms with van der Waals surface area (Å²) in [7, 11) is 5.92. The van der Waals surface area contributed by atoms with Crippen LogP contribution in [0, 0.1) is 0 Å². The Morgan fingerprint density at radius 1 is 0.423 bits per heavy atom. The normalized spacial score (nSPS) is 13.0. The Labute approximate surface area is 439 Å². The average molecular weight is 1000 g/mol. The van der Waals surface area contributed by atoms with Crippen LogP contribution in [0.15, 0.2) is 36.5 Å². The molecule has 9 nitrogen and oxygen atoms in total. The van der Waals surface area contributed by atoms with Gasteiger partial charge in [0.25, 0.3) is 0 Å². The molecule has 0 amide bonds. The molecule has 0 saturated carbocycles. The zero-order valence-electron chi connectivity index (χ0n) is 47.4. The highest BCUT2D eigenvalue weighted by Crippen LogP contribution is 2.17. The van der Waals surface area contributed by atoms with Gasteiger partial charge >= 0.3 is 11.9 Å². The molecule has 0 fully saturated rings. The fourth-order valence-electron chi connectivity index (χ4n) is 8.69. The van der Waals surface area contributed by atoms with Crippen molar-refractivity contribution < 1.29 is 42.9 Å². The van der Waals surface area contributed by atoms with Crippen molar-refractivity contribution in [1.29, 1.82) is 0 Å². The molecule has 9 heteroatoms. The third-order valence-electron chi connectivity index (χ3n) is 13.3. The summed E-state index contributed by atoms with van der Waals surface area (Å²) < 4.78 is 22.6. The molecule has 0 N–H and O–H groups in total. The van der Waals surface area contributed by atoms with Gasteiger partial charge in [-0.2, -0.15) is 0 Å². The molecule has 71 heavy (non-hydrogen) atoms. The summed E-state index contributed by atoms with van der Waals surface area (Å²) in [5, 5.41) is 11.7. The van der Waals surface area contributed by atoms with Crippen LogP contribution >= 0.6 is 0 Å². The highest BCUT2D eigenvalue weighted by atomic mass is 16.7. The van der Waals surface area contributed by atoms with Crippen molar-refractivity contribution in [2.45, 2.75) is 296 Å². The lowest BCUT2D eigenvalue weighted by Gasteiger charge is -2.26. The van der Waals surface area contributed by atoms with Crippen LogP contribution in [0.4, 0.5) is 0 Å². The second-order valence-electron chi connectivity index (χ2n) is 21.6. The van der Waals surface area contributed by atoms with Crippen molar-refractivity contribution in [3.8, 4) is 0 Å². The summed E-state index contributed by atoms with van der Waals surface area (Å²) in [5.41, 5.74) is 0. The van der Waals surface area contributed by atoms with Crippen LogP contribution in [0.3, 0.4) is 0 Å². The van der Waals surface area contributed by atoms with Gasteiger partial charge in [-0.15, -0.1) is 0 Å². The van der Waals surface area contributed by atoms with E-state index in [0.717, 1.165) is 64.2 Å². The van der Waals surface area contributed by atoms with Gasteiger partial charge in [-0.1, -0.05) is 243 Å². The lowest BCUT2D eigenvalue weighted by molar-refractivity contribution is -0.870. The number of hydrogen-bond acceptors (Lipinski definition) is 8. The predicted octanol–water partition coefficient (Wildman–Crippen LogP) is 16.3. The van der Waals surface area contributed by atoms with Crippen LogP contribution < -0.4 is 5.11 Å². The number of likely N-dealkylation sites (N-methyl/N-ethyl adjacent to an activating group) is 1. The minimum Gasteiger partial charge on any atom is -0.545 e. The fourth-order valence-corrected chi connectivity index (χ4v) is 8.69. The topological polar surface area (TPSA) is 111 Å². The smallest absolute Gasteiger partial charge is 0.306 e. The molecule has 0 aliphatic carbocycles. The molecule has 0 aliphatic heterocycles. The Hall–Kier alpha value is -2.49. The molecular formula is C62H115NO8. The van der Waals surface area contributed by atoms with E-state index in [1.54, 1.807) is 0 Å². The fraction of sp³-hybridized carbons (Fsp3) is 0.855. The highest BCUT2D eigenvalue weighted by molar-refractivity contribution is 5.70. The van der Waals surface area contributed by atoms with Gasteiger partial charge in [-0.25, -0.2) is 0 Å². The third-order valence-corrected chi connectivity index (χ3v) is 13.3. The number of ether oxygens (including phenoxy) is 4. The average Bonchev–Trinajstić information content (AvgIpc) is 3.34. The summed E-state index contributed by atoms with van der Waals surface area (Å²) in [6, 6.07) is 0. The molecule has 0 aromatic carbocycles. The molecule has 0 bridgehead atoms. The first-order valence-electron chi connectivity index (χ1n) is 30.1. The summed E-state index contributed by atoms with van der Waals surface area (Å²) in [4.78, 5) is 37.2. The van der Waals surface area contributed by atoms with Gasteiger partial charge in [0.15, 0.2) is 12.4 Å². The summed E-state index contributed by atoms with van der Waals surface area (Å²) in [5.74, 6) is -2.29. The van der Waals surface area contributed by atoms with Crippen molar-refractivity contribution in [2.24, 2.45) is 0 Å². The zero-order chi connectivity index (χ0) is 52.0. The Morgan fingerprint density at radius 2 is 0.789 bits per heavy atom. The Balaban J connectivity index is 4.00. The third kappa shape index (κ3) is 55.1. The van der Waals surface area contributed by atoms with E-state index >= 15 is 0 Å². The van der Waals surface area contributed by atoms with Gasteiger partial charge in [0, 0.05) is 12.8 Å². The number of allylic oxidation sites excluding steroid dienone is 6. The number of carboxylic acids is 1. The van der Waals surface area contributed by atoms with Crippen molar-refractivity contribution in [2.75, 3.05) is 47.5 Å². The molecule has 2 unspecified atom stereocenters. The Bertz CT molecular complexity index is 1260. The van der Waals surface area contributed by atoms with Gasteiger partial charge in [0.2, 0.25) is 0 Å².